The second-order valence-electron chi connectivity index (χ2n) is 6.05. The number of likely N-dealkylation sites (tertiary alicyclic amines) is 1. The zero-order chi connectivity index (χ0) is 14.6. The topological polar surface area (TPSA) is 70.8 Å². The molecular formula is C14H28N4O2. The van der Waals surface area contributed by atoms with Gasteiger partial charge in [0.1, 0.15) is 5.54 Å². The van der Waals surface area contributed by atoms with E-state index in [1.54, 1.807) is 0 Å². The molecule has 2 aliphatic heterocycles. The molecule has 2 atom stereocenters. The summed E-state index contributed by atoms with van der Waals surface area (Å²) in [4.78, 5) is 16.6. The summed E-state index contributed by atoms with van der Waals surface area (Å²) in [5.41, 5.74) is 4.93. The van der Waals surface area contributed by atoms with Crippen LogP contribution in [0.3, 0.4) is 0 Å². The highest BCUT2D eigenvalue weighted by atomic mass is 16.5. The van der Waals surface area contributed by atoms with E-state index in [2.05, 4.69) is 15.1 Å². The van der Waals surface area contributed by atoms with Crippen molar-refractivity contribution in [3.05, 3.63) is 0 Å². The Balaban J connectivity index is 1.86. The molecule has 2 heterocycles. The molecule has 0 aromatic rings. The van der Waals surface area contributed by atoms with Crippen molar-refractivity contribution < 1.29 is 9.53 Å². The maximum absolute atomic E-state index is 11.7. The van der Waals surface area contributed by atoms with Gasteiger partial charge in [-0.3, -0.25) is 14.6 Å². The molecule has 0 aliphatic carbocycles. The molecule has 2 rings (SSSR count). The Labute approximate surface area is 121 Å². The molecule has 0 radical (unpaired) electrons. The van der Waals surface area contributed by atoms with E-state index in [0.29, 0.717) is 12.6 Å². The molecule has 1 amide bonds. The predicted molar refractivity (Wildman–Crippen MR) is 78.5 cm³/mol. The minimum Gasteiger partial charge on any atom is -0.379 e. The third-order valence-corrected chi connectivity index (χ3v) is 4.46. The number of hydrogen-bond acceptors (Lipinski definition) is 5. The van der Waals surface area contributed by atoms with Crippen LogP contribution < -0.4 is 11.1 Å². The highest BCUT2D eigenvalue weighted by molar-refractivity contribution is 5.84. The maximum Gasteiger partial charge on any atom is 0.238 e. The Kier molecular flexibility index (Phi) is 5.37. The van der Waals surface area contributed by atoms with Gasteiger partial charge in [0.15, 0.2) is 0 Å². The number of nitrogens with two attached hydrogens (primary N) is 1. The lowest BCUT2D eigenvalue weighted by Gasteiger charge is -2.34. The number of morpholine rings is 1. The van der Waals surface area contributed by atoms with E-state index in [-0.39, 0.29) is 5.91 Å². The SMILES string of the molecule is CCNC(C)(CN1CCC(N2CCOCC2)C1)C(N)=O. The summed E-state index contributed by atoms with van der Waals surface area (Å²) in [6.45, 7) is 11.1. The van der Waals surface area contributed by atoms with E-state index in [9.17, 15) is 4.79 Å². The number of hydrogen-bond donors (Lipinski definition) is 2. The minimum atomic E-state index is -0.630. The fraction of sp³-hybridized carbons (Fsp3) is 0.929. The highest BCUT2D eigenvalue weighted by Gasteiger charge is 2.36. The van der Waals surface area contributed by atoms with Crippen LogP contribution >= 0.6 is 0 Å². The van der Waals surface area contributed by atoms with E-state index in [0.717, 1.165) is 45.9 Å². The van der Waals surface area contributed by atoms with Crippen molar-refractivity contribution in [3.63, 3.8) is 0 Å². The average Bonchev–Trinajstić information content (AvgIpc) is 2.88. The molecule has 20 heavy (non-hydrogen) atoms. The van der Waals surface area contributed by atoms with Crippen molar-refractivity contribution in [3.8, 4) is 0 Å². The first-order chi connectivity index (χ1) is 9.55. The zero-order valence-corrected chi connectivity index (χ0v) is 12.7. The maximum atomic E-state index is 11.7. The van der Waals surface area contributed by atoms with E-state index >= 15 is 0 Å². The third kappa shape index (κ3) is 3.69. The van der Waals surface area contributed by atoms with Gasteiger partial charge in [-0.2, -0.15) is 0 Å². The van der Waals surface area contributed by atoms with Crippen LogP contribution in [0.15, 0.2) is 0 Å². The number of rotatable bonds is 6. The molecule has 0 aromatic heterocycles. The Morgan fingerprint density at radius 1 is 1.40 bits per heavy atom. The molecule has 0 saturated carbocycles. The quantitative estimate of drug-likeness (QED) is 0.671. The lowest BCUT2D eigenvalue weighted by atomic mass is 10.0. The molecule has 0 spiro atoms. The lowest BCUT2D eigenvalue weighted by molar-refractivity contribution is -0.124. The molecule has 2 unspecified atom stereocenters. The smallest absolute Gasteiger partial charge is 0.238 e. The van der Waals surface area contributed by atoms with E-state index in [1.165, 1.54) is 6.42 Å². The number of ether oxygens (including phenoxy) is 1. The van der Waals surface area contributed by atoms with Gasteiger partial charge in [-0.05, 0) is 26.4 Å². The molecule has 0 bridgehead atoms. The van der Waals surface area contributed by atoms with Crippen molar-refractivity contribution in [1.29, 1.82) is 0 Å². The van der Waals surface area contributed by atoms with E-state index < -0.39 is 5.54 Å². The van der Waals surface area contributed by atoms with Crippen molar-refractivity contribution in [2.45, 2.75) is 31.8 Å². The Morgan fingerprint density at radius 3 is 2.70 bits per heavy atom. The number of nitrogens with zero attached hydrogens (tertiary/aromatic N) is 2. The van der Waals surface area contributed by atoms with Crippen LogP contribution in [0.4, 0.5) is 0 Å². The lowest BCUT2D eigenvalue weighted by Crippen LogP contribution is -2.59. The minimum absolute atomic E-state index is 0.269. The molecule has 2 fully saturated rings. The van der Waals surface area contributed by atoms with Gasteiger partial charge in [-0.25, -0.2) is 0 Å². The first-order valence-electron chi connectivity index (χ1n) is 7.64. The fourth-order valence-electron chi connectivity index (χ4n) is 3.25. The summed E-state index contributed by atoms with van der Waals surface area (Å²) < 4.78 is 5.40. The van der Waals surface area contributed by atoms with Gasteiger partial charge in [0.25, 0.3) is 0 Å². The van der Waals surface area contributed by atoms with Gasteiger partial charge in [0.2, 0.25) is 5.91 Å². The number of carbonyl (C=O) groups is 1. The van der Waals surface area contributed by atoms with Crippen molar-refractivity contribution >= 4 is 5.91 Å². The number of likely N-dealkylation sites (N-methyl/N-ethyl adjacent to an activating group) is 1. The first-order valence-corrected chi connectivity index (χ1v) is 7.64. The second-order valence-corrected chi connectivity index (χ2v) is 6.05. The summed E-state index contributed by atoms with van der Waals surface area (Å²) in [5.74, 6) is -0.269. The van der Waals surface area contributed by atoms with Crippen molar-refractivity contribution in [2.24, 2.45) is 5.73 Å². The van der Waals surface area contributed by atoms with Crippen LogP contribution in [-0.4, -0.2) is 79.8 Å². The van der Waals surface area contributed by atoms with Gasteiger partial charge in [0, 0.05) is 32.2 Å². The third-order valence-electron chi connectivity index (χ3n) is 4.46. The van der Waals surface area contributed by atoms with Crippen LogP contribution in [0.5, 0.6) is 0 Å². The molecule has 116 valence electrons. The van der Waals surface area contributed by atoms with Gasteiger partial charge < -0.3 is 15.8 Å². The summed E-state index contributed by atoms with van der Waals surface area (Å²) >= 11 is 0. The Bertz CT molecular complexity index is 333. The van der Waals surface area contributed by atoms with Crippen molar-refractivity contribution in [1.82, 2.24) is 15.1 Å². The van der Waals surface area contributed by atoms with Crippen molar-refractivity contribution in [2.75, 3.05) is 52.5 Å². The summed E-state index contributed by atoms with van der Waals surface area (Å²) in [5, 5.41) is 3.23. The normalized spacial score (nSPS) is 28.4. The van der Waals surface area contributed by atoms with Crippen LogP contribution in [0.25, 0.3) is 0 Å². The molecule has 0 aromatic carbocycles. The van der Waals surface area contributed by atoms with E-state index in [1.807, 2.05) is 13.8 Å². The first kappa shape index (κ1) is 15.7. The predicted octanol–water partition coefficient (Wildman–Crippen LogP) is -0.754. The summed E-state index contributed by atoms with van der Waals surface area (Å²) in [6.07, 6.45) is 1.17. The van der Waals surface area contributed by atoms with Crippen LogP contribution in [0.2, 0.25) is 0 Å². The highest BCUT2D eigenvalue weighted by Crippen LogP contribution is 2.19. The molecule has 2 aliphatic rings. The van der Waals surface area contributed by atoms with Crippen LogP contribution in [0, 0.1) is 0 Å². The standard InChI is InChI=1S/C14H28N4O2/c1-3-16-14(2,13(15)19)11-17-5-4-12(10-17)18-6-8-20-9-7-18/h12,16H,3-11H2,1-2H3,(H2,15,19). The summed E-state index contributed by atoms with van der Waals surface area (Å²) in [7, 11) is 0. The monoisotopic (exact) mass is 284 g/mol. The second kappa shape index (κ2) is 6.85. The molecule has 6 heteroatoms. The van der Waals surface area contributed by atoms with Crippen LogP contribution in [-0.2, 0) is 9.53 Å². The van der Waals surface area contributed by atoms with Gasteiger partial charge in [-0.1, -0.05) is 6.92 Å². The number of amides is 1. The molecule has 6 nitrogen and oxygen atoms in total. The molecule has 2 saturated heterocycles. The fourth-order valence-corrected chi connectivity index (χ4v) is 3.25. The van der Waals surface area contributed by atoms with Gasteiger partial charge in [0.05, 0.1) is 13.2 Å². The number of carbonyl (C=O) groups excluding carboxylic acids is 1. The average molecular weight is 284 g/mol. The largest absolute Gasteiger partial charge is 0.379 e. The van der Waals surface area contributed by atoms with E-state index in [4.69, 9.17) is 10.5 Å². The molecular weight excluding hydrogens is 256 g/mol. The van der Waals surface area contributed by atoms with Gasteiger partial charge >= 0.3 is 0 Å². The Hall–Kier alpha value is -0.690. The Morgan fingerprint density at radius 2 is 2.10 bits per heavy atom. The van der Waals surface area contributed by atoms with Crippen LogP contribution in [0.1, 0.15) is 20.3 Å². The summed E-state index contributed by atoms with van der Waals surface area (Å²) in [6, 6.07) is 0.595. The molecule has 3 N–H and O–H groups in total. The van der Waals surface area contributed by atoms with Gasteiger partial charge in [-0.15, -0.1) is 0 Å². The zero-order valence-electron chi connectivity index (χ0n) is 12.7. The number of primary amides is 1. The number of nitrogens with one attached hydrogen (secondary N) is 1.